The van der Waals surface area contributed by atoms with Gasteiger partial charge in [-0.15, -0.1) is 0 Å². The molecule has 3 aromatic heterocycles. The summed E-state index contributed by atoms with van der Waals surface area (Å²) in [6, 6.07) is 12.9. The smallest absolute Gasteiger partial charge is 0.271 e. The fraction of sp³-hybridized carbons (Fsp3) is 0.421. The molecule has 0 radical (unpaired) electrons. The number of piperidine rings is 3. The minimum atomic E-state index is -0.609. The summed E-state index contributed by atoms with van der Waals surface area (Å²) in [5, 5.41) is 11.9. The topological polar surface area (TPSA) is 179 Å². The lowest BCUT2D eigenvalue weighted by Gasteiger charge is -2.47. The number of primary amides is 1. The van der Waals surface area contributed by atoms with E-state index in [1.807, 2.05) is 24.4 Å². The SMILES string of the molecule is NC(=O)c1ncc(N2CCCCC2)nc1Nc1ccc(N2CCC(N3CC(c4cc5onc(C6CCC(=O)NC6=O)c5c5cc[nH]c45)C3)CC2)cc1. The number of nitrogens with one attached hydrogen (secondary N) is 3. The van der Waals surface area contributed by atoms with E-state index in [-0.39, 0.29) is 17.5 Å². The summed E-state index contributed by atoms with van der Waals surface area (Å²) < 4.78 is 5.81. The van der Waals surface area contributed by atoms with Gasteiger partial charge in [-0.2, -0.15) is 0 Å². The highest BCUT2D eigenvalue weighted by Crippen LogP contribution is 2.41. The summed E-state index contributed by atoms with van der Waals surface area (Å²) in [6.07, 6.45) is 9.93. The van der Waals surface area contributed by atoms with E-state index >= 15 is 0 Å². The molecule has 4 fully saturated rings. The molecule has 0 saturated carbocycles. The standard InChI is InChI=1S/C38H42N10O4/c39-36(50)35-37(43-30(19-41-35)47-14-2-1-3-15-47)42-23-4-6-24(7-5-23)46-16-11-25(12-17-46)48-20-22(21-48)28-18-29-32(26-10-13-40-33(26)28)34(45-52-29)27-8-9-31(49)44-38(27)51/h4-7,10,13,18-19,22,25,27,40H,1-3,8-9,11-12,14-17,20-21H2,(H2,39,50)(H,42,43)(H,44,49,51). The number of imide groups is 1. The molecule has 1 unspecified atom stereocenters. The lowest BCUT2D eigenvalue weighted by atomic mass is 9.85. The van der Waals surface area contributed by atoms with E-state index in [0.717, 1.165) is 92.7 Å². The van der Waals surface area contributed by atoms with Gasteiger partial charge in [0.2, 0.25) is 11.8 Å². The Morgan fingerprint density at radius 2 is 1.75 bits per heavy atom. The van der Waals surface area contributed by atoms with Crippen molar-refractivity contribution >= 4 is 62.6 Å². The Hall–Kier alpha value is -5.50. The van der Waals surface area contributed by atoms with Gasteiger partial charge < -0.3 is 30.4 Å². The number of rotatable bonds is 8. The van der Waals surface area contributed by atoms with Gasteiger partial charge in [0.15, 0.2) is 17.1 Å². The highest BCUT2D eigenvalue weighted by molar-refractivity contribution is 6.10. The Bertz CT molecular complexity index is 2160. The van der Waals surface area contributed by atoms with E-state index in [0.29, 0.717) is 41.9 Å². The van der Waals surface area contributed by atoms with Crippen molar-refractivity contribution in [2.75, 3.05) is 54.4 Å². The molecule has 52 heavy (non-hydrogen) atoms. The van der Waals surface area contributed by atoms with Crippen molar-refractivity contribution in [2.45, 2.75) is 62.8 Å². The second-order valence-electron chi connectivity index (χ2n) is 14.6. The first-order valence-corrected chi connectivity index (χ1v) is 18.4. The fourth-order valence-corrected chi connectivity index (χ4v) is 8.54. The third-order valence-electron chi connectivity index (χ3n) is 11.4. The summed E-state index contributed by atoms with van der Waals surface area (Å²) >= 11 is 0. The maximum Gasteiger partial charge on any atom is 0.271 e. The minimum Gasteiger partial charge on any atom is -0.371 e. The highest BCUT2D eigenvalue weighted by Gasteiger charge is 2.38. The Labute approximate surface area is 300 Å². The number of amides is 3. The number of nitrogens with zero attached hydrogens (tertiary/aromatic N) is 6. The van der Waals surface area contributed by atoms with Crippen LogP contribution in [-0.2, 0) is 9.59 Å². The van der Waals surface area contributed by atoms with Crippen LogP contribution < -0.4 is 26.2 Å². The molecule has 0 aliphatic carbocycles. The molecule has 3 amide bonds. The molecule has 7 heterocycles. The molecule has 1 atom stereocenters. The number of carbonyl (C=O) groups is 3. The monoisotopic (exact) mass is 702 g/mol. The predicted octanol–water partition coefficient (Wildman–Crippen LogP) is 4.52. The van der Waals surface area contributed by atoms with Crippen LogP contribution in [0.3, 0.4) is 0 Å². The van der Waals surface area contributed by atoms with Gasteiger partial charge >= 0.3 is 0 Å². The number of likely N-dealkylation sites (tertiary alicyclic amines) is 1. The van der Waals surface area contributed by atoms with Gasteiger partial charge in [0, 0.05) is 86.1 Å². The maximum absolute atomic E-state index is 12.6. The lowest BCUT2D eigenvalue weighted by Crippen LogP contribution is -2.54. The quantitative estimate of drug-likeness (QED) is 0.167. The minimum absolute atomic E-state index is 0.134. The van der Waals surface area contributed by atoms with E-state index in [9.17, 15) is 14.4 Å². The van der Waals surface area contributed by atoms with Crippen LogP contribution in [0.1, 0.15) is 78.5 Å². The molecule has 5 N–H and O–H groups in total. The van der Waals surface area contributed by atoms with Crippen molar-refractivity contribution in [2.24, 2.45) is 5.73 Å². The van der Waals surface area contributed by atoms with Crippen molar-refractivity contribution < 1.29 is 18.9 Å². The van der Waals surface area contributed by atoms with Crippen LogP contribution >= 0.6 is 0 Å². The van der Waals surface area contributed by atoms with E-state index < -0.39 is 11.8 Å². The molecule has 9 rings (SSSR count). The zero-order chi connectivity index (χ0) is 35.3. The molecule has 4 aliphatic heterocycles. The molecule has 14 nitrogen and oxygen atoms in total. The number of benzene rings is 2. The third kappa shape index (κ3) is 5.90. The molecule has 4 aliphatic rings. The van der Waals surface area contributed by atoms with Gasteiger partial charge in [0.1, 0.15) is 11.5 Å². The number of fused-ring (bicyclic) bond motifs is 3. The number of hydrogen-bond acceptors (Lipinski definition) is 11. The van der Waals surface area contributed by atoms with Gasteiger partial charge in [-0.3, -0.25) is 24.6 Å². The molecule has 14 heteroatoms. The number of H-pyrrole nitrogens is 1. The van der Waals surface area contributed by atoms with Gasteiger partial charge in [-0.25, -0.2) is 9.97 Å². The second kappa shape index (κ2) is 13.2. The number of anilines is 4. The highest BCUT2D eigenvalue weighted by atomic mass is 16.5. The largest absolute Gasteiger partial charge is 0.371 e. The predicted molar refractivity (Wildman–Crippen MR) is 197 cm³/mol. The molecule has 0 bridgehead atoms. The van der Waals surface area contributed by atoms with Gasteiger partial charge in [-0.1, -0.05) is 5.16 Å². The third-order valence-corrected chi connectivity index (χ3v) is 11.4. The summed E-state index contributed by atoms with van der Waals surface area (Å²) in [6.45, 7) is 5.77. The maximum atomic E-state index is 12.6. The molecule has 0 spiro atoms. The van der Waals surface area contributed by atoms with Crippen LogP contribution in [0, 0.1) is 0 Å². The number of carbonyl (C=O) groups excluding carboxylic acids is 3. The molecule has 4 saturated heterocycles. The van der Waals surface area contributed by atoms with E-state index in [1.54, 1.807) is 6.20 Å². The van der Waals surface area contributed by atoms with Crippen LogP contribution in [0.5, 0.6) is 0 Å². The number of nitrogens with two attached hydrogens (primary N) is 1. The van der Waals surface area contributed by atoms with Gasteiger partial charge in [0.05, 0.1) is 17.5 Å². The zero-order valence-corrected chi connectivity index (χ0v) is 28.9. The summed E-state index contributed by atoms with van der Waals surface area (Å²) in [5.41, 5.74) is 11.3. The summed E-state index contributed by atoms with van der Waals surface area (Å²) in [7, 11) is 0. The average Bonchev–Trinajstić information content (AvgIpc) is 3.80. The summed E-state index contributed by atoms with van der Waals surface area (Å²) in [5.74, 6) is -0.153. The number of aromatic nitrogens is 4. The Kier molecular flexibility index (Phi) is 8.25. The molecular weight excluding hydrogens is 660 g/mol. The Balaban J connectivity index is 0.824. The fourth-order valence-electron chi connectivity index (χ4n) is 8.54. The molecule has 5 aromatic rings. The van der Waals surface area contributed by atoms with Crippen molar-refractivity contribution in [1.82, 2.24) is 30.3 Å². The average molecular weight is 703 g/mol. The van der Waals surface area contributed by atoms with Gasteiger partial charge in [0.25, 0.3) is 5.91 Å². The Morgan fingerprint density at radius 1 is 0.962 bits per heavy atom. The first-order chi connectivity index (χ1) is 25.4. The zero-order valence-electron chi connectivity index (χ0n) is 28.9. The van der Waals surface area contributed by atoms with E-state index in [4.69, 9.17) is 15.2 Å². The summed E-state index contributed by atoms with van der Waals surface area (Å²) in [4.78, 5) is 56.3. The van der Waals surface area contributed by atoms with Crippen molar-refractivity contribution in [1.29, 1.82) is 0 Å². The van der Waals surface area contributed by atoms with E-state index in [1.165, 1.54) is 17.7 Å². The van der Waals surface area contributed by atoms with Crippen LogP contribution in [0.15, 0.2) is 53.3 Å². The normalized spacial score (nSPS) is 20.7. The first kappa shape index (κ1) is 32.4. The lowest BCUT2D eigenvalue weighted by molar-refractivity contribution is -0.134. The van der Waals surface area contributed by atoms with Crippen LogP contribution in [0.2, 0.25) is 0 Å². The van der Waals surface area contributed by atoms with Crippen molar-refractivity contribution in [3.8, 4) is 0 Å². The van der Waals surface area contributed by atoms with Crippen LogP contribution in [0.4, 0.5) is 23.0 Å². The second-order valence-corrected chi connectivity index (χ2v) is 14.6. The Morgan fingerprint density at radius 3 is 2.50 bits per heavy atom. The van der Waals surface area contributed by atoms with Crippen LogP contribution in [0.25, 0.3) is 21.9 Å². The molecular formula is C38H42N10O4. The first-order valence-electron chi connectivity index (χ1n) is 18.4. The number of hydrogen-bond donors (Lipinski definition) is 4. The number of aromatic amines is 1. The van der Waals surface area contributed by atoms with Gasteiger partial charge in [-0.05, 0) is 80.5 Å². The van der Waals surface area contributed by atoms with Crippen LogP contribution in [-0.4, -0.2) is 88.0 Å². The van der Waals surface area contributed by atoms with Crippen molar-refractivity contribution in [3.05, 3.63) is 65.7 Å². The van der Waals surface area contributed by atoms with E-state index in [2.05, 4.69) is 58.7 Å². The molecule has 2 aromatic carbocycles. The molecule has 268 valence electrons. The van der Waals surface area contributed by atoms with Crippen molar-refractivity contribution in [3.63, 3.8) is 0 Å².